The maximum Gasteiger partial charge on any atom is 0.317 e. The number of likely N-dealkylation sites (tertiary alicyclic amines) is 1. The molecule has 8 heteroatoms. The molecule has 0 bridgehead atoms. The van der Waals surface area contributed by atoms with E-state index in [9.17, 15) is 9.59 Å². The second-order valence-electron chi connectivity index (χ2n) is 8.36. The van der Waals surface area contributed by atoms with Crippen LogP contribution in [-0.2, 0) is 0 Å². The maximum atomic E-state index is 12.8. The molecule has 172 valence electrons. The van der Waals surface area contributed by atoms with Crippen molar-refractivity contribution in [2.45, 2.75) is 70.4 Å². The summed E-state index contributed by atoms with van der Waals surface area (Å²) >= 11 is 6.33. The Morgan fingerprint density at radius 1 is 1.06 bits per heavy atom. The summed E-state index contributed by atoms with van der Waals surface area (Å²) < 4.78 is 11.0. The molecule has 1 saturated carbocycles. The molecule has 3 rings (SSSR count). The van der Waals surface area contributed by atoms with Gasteiger partial charge in [0.1, 0.15) is 0 Å². The second kappa shape index (κ2) is 11.5. The molecule has 3 amide bonds. The van der Waals surface area contributed by atoms with Crippen LogP contribution in [0, 0.1) is 0 Å². The van der Waals surface area contributed by atoms with Gasteiger partial charge >= 0.3 is 6.03 Å². The lowest BCUT2D eigenvalue weighted by atomic mass is 9.95. The number of halogens is 1. The summed E-state index contributed by atoms with van der Waals surface area (Å²) in [6.07, 6.45) is 8.11. The number of nitrogens with zero attached hydrogens (tertiary/aromatic N) is 1. The van der Waals surface area contributed by atoms with Gasteiger partial charge in [0.2, 0.25) is 0 Å². The summed E-state index contributed by atoms with van der Waals surface area (Å²) in [6.45, 7) is 3.80. The summed E-state index contributed by atoms with van der Waals surface area (Å²) in [6, 6.07) is 3.61. The molecule has 2 N–H and O–H groups in total. The fraction of sp³-hybridized carbons (Fsp3) is 0.652. The zero-order valence-electron chi connectivity index (χ0n) is 18.5. The van der Waals surface area contributed by atoms with Crippen molar-refractivity contribution in [2.24, 2.45) is 0 Å². The first kappa shape index (κ1) is 23.5. The molecule has 0 aromatic heterocycles. The molecular weight excluding hydrogens is 418 g/mol. The minimum Gasteiger partial charge on any atom is -0.493 e. The van der Waals surface area contributed by atoms with E-state index in [1.54, 1.807) is 12.1 Å². The van der Waals surface area contributed by atoms with Gasteiger partial charge in [0.25, 0.3) is 5.91 Å². The summed E-state index contributed by atoms with van der Waals surface area (Å²) in [4.78, 5) is 27.2. The zero-order valence-corrected chi connectivity index (χ0v) is 19.3. The van der Waals surface area contributed by atoms with Crippen LogP contribution in [0.15, 0.2) is 12.1 Å². The Hall–Kier alpha value is -2.15. The Labute approximate surface area is 189 Å². The third-order valence-corrected chi connectivity index (χ3v) is 6.27. The number of carbonyl (C=O) groups is 2. The van der Waals surface area contributed by atoms with Gasteiger partial charge in [0.15, 0.2) is 11.5 Å². The van der Waals surface area contributed by atoms with Crippen molar-refractivity contribution < 1.29 is 19.1 Å². The number of ether oxygens (including phenoxy) is 2. The number of benzene rings is 1. The molecule has 1 aromatic carbocycles. The average molecular weight is 452 g/mol. The quantitative estimate of drug-likeness (QED) is 0.644. The Bertz CT molecular complexity index is 759. The summed E-state index contributed by atoms with van der Waals surface area (Å²) in [5, 5.41) is 6.59. The second-order valence-corrected chi connectivity index (χ2v) is 8.76. The van der Waals surface area contributed by atoms with Crippen molar-refractivity contribution in [1.29, 1.82) is 0 Å². The number of hydrogen-bond acceptors (Lipinski definition) is 4. The minimum atomic E-state index is -0.202. The van der Waals surface area contributed by atoms with Crippen LogP contribution in [0.25, 0.3) is 0 Å². The molecule has 1 aliphatic heterocycles. The van der Waals surface area contributed by atoms with Crippen LogP contribution in [0.1, 0.15) is 68.6 Å². The molecule has 31 heavy (non-hydrogen) atoms. The van der Waals surface area contributed by atoms with Crippen molar-refractivity contribution in [3.05, 3.63) is 22.7 Å². The van der Waals surface area contributed by atoms with Crippen LogP contribution in [0.3, 0.4) is 0 Å². The van der Waals surface area contributed by atoms with E-state index in [0.717, 1.165) is 32.1 Å². The Balaban J connectivity index is 1.51. The van der Waals surface area contributed by atoms with Crippen molar-refractivity contribution in [3.63, 3.8) is 0 Å². The van der Waals surface area contributed by atoms with Crippen LogP contribution in [0.2, 0.25) is 5.02 Å². The third kappa shape index (κ3) is 6.42. The Kier molecular flexibility index (Phi) is 8.69. The van der Waals surface area contributed by atoms with Crippen LogP contribution in [0.4, 0.5) is 4.79 Å². The molecule has 1 aliphatic carbocycles. The van der Waals surface area contributed by atoms with Gasteiger partial charge < -0.3 is 25.0 Å². The van der Waals surface area contributed by atoms with Crippen molar-refractivity contribution in [2.75, 3.05) is 26.8 Å². The number of hydrogen-bond donors (Lipinski definition) is 2. The van der Waals surface area contributed by atoms with Gasteiger partial charge in [-0.1, -0.05) is 37.8 Å². The van der Waals surface area contributed by atoms with Crippen LogP contribution >= 0.6 is 11.6 Å². The SMILES string of the molecule is CCCOc1c(Cl)cc(C(=O)NC2CCN(C(=O)NC3CCCCC3)CC2)cc1OC. The topological polar surface area (TPSA) is 79.9 Å². The lowest BCUT2D eigenvalue weighted by Crippen LogP contribution is -2.51. The first-order valence-corrected chi connectivity index (χ1v) is 11.8. The first-order chi connectivity index (χ1) is 15.0. The van der Waals surface area contributed by atoms with Gasteiger partial charge in [-0.3, -0.25) is 4.79 Å². The zero-order chi connectivity index (χ0) is 22.2. The van der Waals surface area contributed by atoms with Gasteiger partial charge in [-0.25, -0.2) is 4.79 Å². The van der Waals surface area contributed by atoms with Gasteiger partial charge in [-0.2, -0.15) is 0 Å². The van der Waals surface area contributed by atoms with Crippen molar-refractivity contribution in [3.8, 4) is 11.5 Å². The molecule has 0 atom stereocenters. The lowest BCUT2D eigenvalue weighted by Gasteiger charge is -2.34. The van der Waals surface area contributed by atoms with Crippen LogP contribution in [0.5, 0.6) is 11.5 Å². The van der Waals surface area contributed by atoms with Crippen LogP contribution in [-0.4, -0.2) is 55.7 Å². The smallest absolute Gasteiger partial charge is 0.317 e. The number of nitrogens with one attached hydrogen (secondary N) is 2. The number of methoxy groups -OCH3 is 1. The third-order valence-electron chi connectivity index (χ3n) is 5.99. The summed E-state index contributed by atoms with van der Waals surface area (Å²) in [7, 11) is 1.53. The molecule has 1 aromatic rings. The van der Waals surface area contributed by atoms with E-state index in [0.29, 0.717) is 47.8 Å². The standard InChI is InChI=1S/C23H34ClN3O4/c1-3-13-31-21-19(24)14-16(15-20(21)30-2)22(28)25-18-9-11-27(12-10-18)23(29)26-17-7-5-4-6-8-17/h14-15,17-18H,3-13H2,1-2H3,(H,25,28)(H,26,29). The molecule has 0 radical (unpaired) electrons. The Morgan fingerprint density at radius 2 is 1.74 bits per heavy atom. The van der Waals surface area contributed by atoms with Crippen LogP contribution < -0.4 is 20.1 Å². The maximum absolute atomic E-state index is 12.8. The molecule has 2 fully saturated rings. The van der Waals surface area contributed by atoms with E-state index in [2.05, 4.69) is 10.6 Å². The predicted octanol–water partition coefficient (Wildman–Crippen LogP) is 4.37. The molecule has 0 unspecified atom stereocenters. The van der Waals surface area contributed by atoms with E-state index in [4.69, 9.17) is 21.1 Å². The van der Waals surface area contributed by atoms with Gasteiger partial charge in [-0.05, 0) is 44.2 Å². The largest absolute Gasteiger partial charge is 0.493 e. The molecule has 7 nitrogen and oxygen atoms in total. The lowest BCUT2D eigenvalue weighted by molar-refractivity contribution is 0.0917. The van der Waals surface area contributed by atoms with E-state index in [1.807, 2.05) is 11.8 Å². The molecule has 1 heterocycles. The highest BCUT2D eigenvalue weighted by molar-refractivity contribution is 6.32. The number of carbonyl (C=O) groups excluding carboxylic acids is 2. The van der Waals surface area contributed by atoms with E-state index >= 15 is 0 Å². The number of urea groups is 1. The van der Waals surface area contributed by atoms with E-state index in [-0.39, 0.29) is 18.0 Å². The highest BCUT2D eigenvalue weighted by Gasteiger charge is 2.26. The van der Waals surface area contributed by atoms with Crippen molar-refractivity contribution in [1.82, 2.24) is 15.5 Å². The summed E-state index contributed by atoms with van der Waals surface area (Å²) in [5.74, 6) is 0.701. The fourth-order valence-corrected chi connectivity index (χ4v) is 4.47. The fourth-order valence-electron chi connectivity index (χ4n) is 4.20. The molecular formula is C23H34ClN3O4. The number of amides is 3. The van der Waals surface area contributed by atoms with Gasteiger partial charge in [-0.15, -0.1) is 0 Å². The number of rotatable bonds is 7. The van der Waals surface area contributed by atoms with E-state index in [1.165, 1.54) is 26.4 Å². The predicted molar refractivity (Wildman–Crippen MR) is 121 cm³/mol. The first-order valence-electron chi connectivity index (χ1n) is 11.4. The average Bonchev–Trinajstić information content (AvgIpc) is 2.78. The van der Waals surface area contributed by atoms with Gasteiger partial charge in [0.05, 0.1) is 18.7 Å². The number of piperidine rings is 1. The minimum absolute atomic E-state index is 0.0204. The highest BCUT2D eigenvalue weighted by Crippen LogP contribution is 2.36. The molecule has 2 aliphatic rings. The molecule has 0 spiro atoms. The van der Waals surface area contributed by atoms with E-state index < -0.39 is 0 Å². The normalized spacial score (nSPS) is 17.8. The highest BCUT2D eigenvalue weighted by atomic mass is 35.5. The molecule has 1 saturated heterocycles. The van der Waals surface area contributed by atoms with Gasteiger partial charge in [0, 0.05) is 30.7 Å². The van der Waals surface area contributed by atoms with Crippen molar-refractivity contribution >= 4 is 23.5 Å². The monoisotopic (exact) mass is 451 g/mol. The Morgan fingerprint density at radius 3 is 2.39 bits per heavy atom. The summed E-state index contributed by atoms with van der Waals surface area (Å²) in [5.41, 5.74) is 0.433.